The zero-order chi connectivity index (χ0) is 16.3. The number of rotatable bonds is 5. The molecule has 10 heteroatoms. The van der Waals surface area contributed by atoms with Gasteiger partial charge in [0.1, 0.15) is 11.4 Å². The molecule has 1 heterocycles. The number of carbonyl (C=O) groups excluding carboxylic acids is 1. The van der Waals surface area contributed by atoms with Crippen LogP contribution in [0.3, 0.4) is 0 Å². The fourth-order valence-electron chi connectivity index (χ4n) is 1.72. The number of anilines is 1. The molecule has 0 fully saturated rings. The number of nitrogens with one attached hydrogen (secondary N) is 1. The van der Waals surface area contributed by atoms with Crippen LogP contribution in [-0.4, -0.2) is 27.7 Å². The molecule has 2 rings (SSSR count). The van der Waals surface area contributed by atoms with Gasteiger partial charge in [-0.05, 0) is 6.07 Å². The van der Waals surface area contributed by atoms with E-state index in [1.165, 1.54) is 19.2 Å². The molecule has 0 aliphatic rings. The number of halogens is 2. The van der Waals surface area contributed by atoms with E-state index in [9.17, 15) is 23.7 Å². The van der Waals surface area contributed by atoms with E-state index in [1.807, 2.05) is 0 Å². The maximum Gasteiger partial charge on any atom is 0.333 e. The quantitative estimate of drug-likeness (QED) is 0.675. The molecule has 116 valence electrons. The number of nitrogens with zero attached hydrogens (tertiary/aromatic N) is 3. The molecule has 1 N–H and O–H groups in total. The Hall–Kier alpha value is -3.04. The predicted octanol–water partition coefficient (Wildman–Crippen LogP) is 2.45. The van der Waals surface area contributed by atoms with Gasteiger partial charge >= 0.3 is 6.55 Å². The molecule has 8 nitrogen and oxygen atoms in total. The molecule has 0 aliphatic heterocycles. The molecule has 0 bridgehead atoms. The highest BCUT2D eigenvalue weighted by Crippen LogP contribution is 2.26. The van der Waals surface area contributed by atoms with E-state index in [1.54, 1.807) is 0 Å². The number of alkyl halides is 2. The van der Waals surface area contributed by atoms with Crippen LogP contribution >= 0.6 is 0 Å². The predicted molar refractivity (Wildman–Crippen MR) is 71.1 cm³/mol. The largest absolute Gasteiger partial charge is 0.496 e. The van der Waals surface area contributed by atoms with Crippen molar-refractivity contribution in [2.24, 2.45) is 0 Å². The van der Waals surface area contributed by atoms with Crippen molar-refractivity contribution in [2.75, 3.05) is 12.4 Å². The lowest BCUT2D eigenvalue weighted by atomic mass is 10.2. The number of ether oxygens (including phenoxy) is 1. The summed E-state index contributed by atoms with van der Waals surface area (Å²) >= 11 is 0. The monoisotopic (exact) mass is 312 g/mol. The maximum absolute atomic E-state index is 12.7. The lowest BCUT2D eigenvalue weighted by Gasteiger charge is -2.09. The molecule has 0 saturated heterocycles. The molecule has 0 unspecified atom stereocenters. The van der Waals surface area contributed by atoms with Gasteiger partial charge in [-0.2, -0.15) is 18.6 Å². The molecule has 0 saturated carbocycles. The third-order valence-corrected chi connectivity index (χ3v) is 2.68. The van der Waals surface area contributed by atoms with Crippen LogP contribution in [0.5, 0.6) is 5.75 Å². The summed E-state index contributed by atoms with van der Waals surface area (Å²) in [5.74, 6) is -0.729. The normalized spacial score (nSPS) is 10.5. The van der Waals surface area contributed by atoms with E-state index in [0.717, 1.165) is 18.3 Å². The molecule has 0 atom stereocenters. The number of aromatic nitrogens is 2. The van der Waals surface area contributed by atoms with Crippen molar-refractivity contribution in [3.8, 4) is 5.75 Å². The minimum Gasteiger partial charge on any atom is -0.496 e. The molecule has 1 amide bonds. The van der Waals surface area contributed by atoms with Gasteiger partial charge in [-0.15, -0.1) is 0 Å². The standard InChI is InChI=1S/C12H10F2N4O4/c1-22-9-5-7(4-8(6-9)18(20)21)16-11(19)10-2-3-15-17(10)12(13)14/h2-6,12H,1H3,(H,16,19). The van der Waals surface area contributed by atoms with Gasteiger partial charge in [0.2, 0.25) is 0 Å². The van der Waals surface area contributed by atoms with Crippen LogP contribution in [0, 0.1) is 10.1 Å². The van der Waals surface area contributed by atoms with Crippen LogP contribution in [0.1, 0.15) is 17.0 Å². The second-order valence-corrected chi connectivity index (χ2v) is 4.07. The number of non-ortho nitro benzene ring substituents is 1. The summed E-state index contributed by atoms with van der Waals surface area (Å²) in [6.07, 6.45) is 1.05. The zero-order valence-electron chi connectivity index (χ0n) is 11.2. The van der Waals surface area contributed by atoms with Crippen molar-refractivity contribution < 1.29 is 23.2 Å². The van der Waals surface area contributed by atoms with E-state index in [0.29, 0.717) is 0 Å². The van der Waals surface area contributed by atoms with Gasteiger partial charge < -0.3 is 10.1 Å². The average molecular weight is 312 g/mol. The minimum atomic E-state index is -2.98. The zero-order valence-corrected chi connectivity index (χ0v) is 11.2. The Kier molecular flexibility index (Phi) is 4.30. The van der Waals surface area contributed by atoms with E-state index < -0.39 is 17.4 Å². The van der Waals surface area contributed by atoms with Crippen LogP contribution in [0.2, 0.25) is 0 Å². The van der Waals surface area contributed by atoms with E-state index >= 15 is 0 Å². The summed E-state index contributed by atoms with van der Waals surface area (Å²) in [5.41, 5.74) is -0.643. The van der Waals surface area contributed by atoms with Crippen LogP contribution in [0.25, 0.3) is 0 Å². The highest BCUT2D eigenvalue weighted by Gasteiger charge is 2.19. The third-order valence-electron chi connectivity index (χ3n) is 2.68. The summed E-state index contributed by atoms with van der Waals surface area (Å²) in [6.45, 7) is -2.98. The Morgan fingerprint density at radius 3 is 2.77 bits per heavy atom. The molecular weight excluding hydrogens is 302 g/mol. The van der Waals surface area contributed by atoms with Crippen molar-refractivity contribution in [3.63, 3.8) is 0 Å². The van der Waals surface area contributed by atoms with Crippen molar-refractivity contribution in [1.82, 2.24) is 9.78 Å². The first kappa shape index (κ1) is 15.4. The Morgan fingerprint density at radius 2 is 2.18 bits per heavy atom. The van der Waals surface area contributed by atoms with E-state index in [2.05, 4.69) is 10.4 Å². The number of nitro benzene ring substituents is 1. The second-order valence-electron chi connectivity index (χ2n) is 4.07. The average Bonchev–Trinajstić information content (AvgIpc) is 2.96. The van der Waals surface area contributed by atoms with Crippen LogP contribution in [0.15, 0.2) is 30.5 Å². The van der Waals surface area contributed by atoms with Gasteiger partial charge in [-0.3, -0.25) is 14.9 Å². The maximum atomic E-state index is 12.7. The number of nitro groups is 1. The Balaban J connectivity index is 2.30. The number of benzene rings is 1. The Morgan fingerprint density at radius 1 is 1.45 bits per heavy atom. The van der Waals surface area contributed by atoms with Gasteiger partial charge in [0, 0.05) is 18.3 Å². The van der Waals surface area contributed by atoms with Gasteiger partial charge in [-0.25, -0.2) is 0 Å². The van der Waals surface area contributed by atoms with E-state index in [4.69, 9.17) is 4.74 Å². The molecule has 0 radical (unpaired) electrons. The Labute approximate surface area is 122 Å². The topological polar surface area (TPSA) is 99.3 Å². The van der Waals surface area contributed by atoms with Gasteiger partial charge in [0.15, 0.2) is 0 Å². The van der Waals surface area contributed by atoms with Crippen LogP contribution < -0.4 is 10.1 Å². The summed E-state index contributed by atoms with van der Waals surface area (Å²) in [7, 11) is 1.30. The van der Waals surface area contributed by atoms with Crippen LogP contribution in [0.4, 0.5) is 20.2 Å². The van der Waals surface area contributed by atoms with Crippen molar-refractivity contribution >= 4 is 17.3 Å². The van der Waals surface area contributed by atoms with Crippen molar-refractivity contribution in [1.29, 1.82) is 0 Å². The lowest BCUT2D eigenvalue weighted by Crippen LogP contribution is -2.18. The summed E-state index contributed by atoms with van der Waals surface area (Å²) in [6, 6.07) is 4.69. The molecule has 0 spiro atoms. The highest BCUT2D eigenvalue weighted by molar-refractivity contribution is 6.03. The Bertz CT molecular complexity index is 717. The molecule has 1 aromatic heterocycles. The smallest absolute Gasteiger partial charge is 0.333 e. The first-order valence-corrected chi connectivity index (χ1v) is 5.89. The highest BCUT2D eigenvalue weighted by atomic mass is 19.3. The third kappa shape index (κ3) is 3.16. The van der Waals surface area contributed by atoms with E-state index in [-0.39, 0.29) is 27.5 Å². The molecular formula is C12H10F2N4O4. The second kappa shape index (κ2) is 6.16. The lowest BCUT2D eigenvalue weighted by molar-refractivity contribution is -0.384. The fraction of sp³-hybridized carbons (Fsp3) is 0.167. The number of amides is 1. The fourth-order valence-corrected chi connectivity index (χ4v) is 1.72. The summed E-state index contributed by atoms with van der Waals surface area (Å²) < 4.78 is 30.4. The number of carbonyl (C=O) groups is 1. The van der Waals surface area contributed by atoms with Crippen molar-refractivity contribution in [3.05, 3.63) is 46.3 Å². The van der Waals surface area contributed by atoms with Crippen molar-refractivity contribution in [2.45, 2.75) is 6.55 Å². The first-order chi connectivity index (χ1) is 10.4. The molecule has 22 heavy (non-hydrogen) atoms. The number of hydrogen-bond donors (Lipinski definition) is 1. The van der Waals surface area contributed by atoms with Gasteiger partial charge in [0.25, 0.3) is 11.6 Å². The summed E-state index contributed by atoms with van der Waals surface area (Å²) in [4.78, 5) is 22.1. The molecule has 0 aliphatic carbocycles. The number of hydrogen-bond acceptors (Lipinski definition) is 5. The first-order valence-electron chi connectivity index (χ1n) is 5.89. The minimum absolute atomic E-state index is 0.0399. The van der Waals surface area contributed by atoms with Gasteiger partial charge in [0.05, 0.1) is 23.8 Å². The van der Waals surface area contributed by atoms with Crippen LogP contribution in [-0.2, 0) is 0 Å². The molecule has 2 aromatic rings. The van der Waals surface area contributed by atoms with Gasteiger partial charge in [-0.1, -0.05) is 0 Å². The summed E-state index contributed by atoms with van der Waals surface area (Å²) in [5, 5.41) is 16.4. The SMILES string of the molecule is COc1cc(NC(=O)c2ccnn2C(F)F)cc([N+](=O)[O-])c1. The number of methoxy groups -OCH3 is 1. The molecule has 1 aromatic carbocycles.